The second-order valence-corrected chi connectivity index (χ2v) is 5.47. The monoisotopic (exact) mass is 280 g/mol. The summed E-state index contributed by atoms with van der Waals surface area (Å²) in [6.45, 7) is 3.90. The van der Waals surface area contributed by atoms with E-state index in [4.69, 9.17) is 4.74 Å². The Morgan fingerprint density at radius 1 is 1.50 bits per heavy atom. The van der Waals surface area contributed by atoms with Gasteiger partial charge in [-0.1, -0.05) is 6.92 Å². The van der Waals surface area contributed by atoms with Crippen LogP contribution in [0.4, 0.5) is 4.39 Å². The maximum absolute atomic E-state index is 13.9. The highest BCUT2D eigenvalue weighted by atomic mass is 19.1. The molecular weight excluding hydrogens is 255 g/mol. The first-order chi connectivity index (χ1) is 9.81. The third-order valence-corrected chi connectivity index (χ3v) is 3.87. The minimum absolute atomic E-state index is 0.0588. The molecule has 1 saturated heterocycles. The molecule has 112 valence electrons. The molecule has 1 aliphatic rings. The summed E-state index contributed by atoms with van der Waals surface area (Å²) in [5.41, 5.74) is 0.726. The van der Waals surface area contributed by atoms with Gasteiger partial charge < -0.3 is 10.1 Å². The van der Waals surface area contributed by atoms with E-state index >= 15 is 0 Å². The van der Waals surface area contributed by atoms with E-state index in [-0.39, 0.29) is 11.9 Å². The first-order valence-corrected chi connectivity index (χ1v) is 7.75. The molecule has 2 atom stereocenters. The highest BCUT2D eigenvalue weighted by molar-refractivity contribution is 5.17. The standard InChI is InChI=1S/C16H25FN2O/c1-2-9-19-16(14-8-10-18-12-15(14)17)7-6-13-5-3-4-11-20-13/h8,10,12-13,16,19H,2-7,9,11H2,1H3. The van der Waals surface area contributed by atoms with Crippen molar-refractivity contribution in [3.8, 4) is 0 Å². The third kappa shape index (κ3) is 4.53. The molecule has 0 bridgehead atoms. The van der Waals surface area contributed by atoms with Crippen LogP contribution in [-0.4, -0.2) is 24.2 Å². The van der Waals surface area contributed by atoms with Gasteiger partial charge in [-0.3, -0.25) is 4.98 Å². The van der Waals surface area contributed by atoms with Crippen LogP contribution in [0.5, 0.6) is 0 Å². The average Bonchev–Trinajstić information content (AvgIpc) is 2.49. The Labute approximate surface area is 120 Å². The molecule has 1 aliphatic heterocycles. The van der Waals surface area contributed by atoms with Crippen LogP contribution >= 0.6 is 0 Å². The van der Waals surface area contributed by atoms with Gasteiger partial charge in [0, 0.05) is 24.4 Å². The molecule has 0 saturated carbocycles. The lowest BCUT2D eigenvalue weighted by molar-refractivity contribution is 0.00848. The van der Waals surface area contributed by atoms with Gasteiger partial charge in [0.05, 0.1) is 12.3 Å². The maximum Gasteiger partial charge on any atom is 0.146 e. The average molecular weight is 280 g/mol. The van der Waals surface area contributed by atoms with E-state index in [0.29, 0.717) is 6.10 Å². The van der Waals surface area contributed by atoms with Gasteiger partial charge in [0.1, 0.15) is 5.82 Å². The SMILES string of the molecule is CCCNC(CCC1CCCCO1)c1ccncc1F. The molecule has 0 aromatic carbocycles. The number of hydrogen-bond acceptors (Lipinski definition) is 3. The van der Waals surface area contributed by atoms with Gasteiger partial charge in [-0.2, -0.15) is 0 Å². The summed E-state index contributed by atoms with van der Waals surface area (Å²) in [7, 11) is 0. The number of aromatic nitrogens is 1. The molecule has 2 heterocycles. The molecule has 1 N–H and O–H groups in total. The van der Waals surface area contributed by atoms with Gasteiger partial charge in [-0.25, -0.2) is 4.39 Å². The Balaban J connectivity index is 1.94. The molecule has 1 aromatic heterocycles. The van der Waals surface area contributed by atoms with Crippen LogP contribution in [0.1, 0.15) is 57.1 Å². The van der Waals surface area contributed by atoms with E-state index in [2.05, 4.69) is 17.2 Å². The molecule has 1 aromatic rings. The van der Waals surface area contributed by atoms with Crippen molar-refractivity contribution in [1.82, 2.24) is 10.3 Å². The second-order valence-electron chi connectivity index (χ2n) is 5.47. The molecule has 0 amide bonds. The smallest absolute Gasteiger partial charge is 0.146 e. The summed E-state index contributed by atoms with van der Waals surface area (Å²) in [5.74, 6) is -0.217. The highest BCUT2D eigenvalue weighted by Gasteiger charge is 2.19. The minimum atomic E-state index is -0.217. The lowest BCUT2D eigenvalue weighted by Crippen LogP contribution is -2.26. The van der Waals surface area contributed by atoms with Crippen LogP contribution in [0.15, 0.2) is 18.5 Å². The molecule has 0 spiro atoms. The highest BCUT2D eigenvalue weighted by Crippen LogP contribution is 2.25. The molecule has 20 heavy (non-hydrogen) atoms. The van der Waals surface area contributed by atoms with E-state index in [1.807, 2.05) is 0 Å². The largest absolute Gasteiger partial charge is 0.378 e. The maximum atomic E-state index is 13.9. The van der Waals surface area contributed by atoms with Gasteiger partial charge in [0.25, 0.3) is 0 Å². The Hall–Kier alpha value is -1.00. The van der Waals surface area contributed by atoms with Crippen molar-refractivity contribution in [3.63, 3.8) is 0 Å². The van der Waals surface area contributed by atoms with E-state index < -0.39 is 0 Å². The van der Waals surface area contributed by atoms with Crippen LogP contribution < -0.4 is 5.32 Å². The molecule has 2 rings (SSSR count). The third-order valence-electron chi connectivity index (χ3n) is 3.87. The van der Waals surface area contributed by atoms with E-state index in [9.17, 15) is 4.39 Å². The number of rotatable bonds is 7. The van der Waals surface area contributed by atoms with Gasteiger partial charge in [0.2, 0.25) is 0 Å². The lowest BCUT2D eigenvalue weighted by atomic mass is 9.97. The van der Waals surface area contributed by atoms with Gasteiger partial charge in [-0.05, 0) is 51.1 Å². The summed E-state index contributed by atoms with van der Waals surface area (Å²) in [6.07, 6.45) is 9.81. The zero-order valence-electron chi connectivity index (χ0n) is 12.3. The zero-order chi connectivity index (χ0) is 14.2. The van der Waals surface area contributed by atoms with Crippen molar-refractivity contribution in [1.29, 1.82) is 0 Å². The van der Waals surface area contributed by atoms with Crippen LogP contribution in [-0.2, 0) is 4.74 Å². The first kappa shape index (κ1) is 15.4. The van der Waals surface area contributed by atoms with Crippen LogP contribution in [0, 0.1) is 5.82 Å². The van der Waals surface area contributed by atoms with Gasteiger partial charge >= 0.3 is 0 Å². The van der Waals surface area contributed by atoms with Gasteiger partial charge in [-0.15, -0.1) is 0 Å². The van der Waals surface area contributed by atoms with E-state index in [1.54, 1.807) is 12.3 Å². The molecule has 0 radical (unpaired) electrons. The molecule has 1 fully saturated rings. The summed E-state index contributed by atoms with van der Waals surface area (Å²) in [6, 6.07) is 1.84. The fraction of sp³-hybridized carbons (Fsp3) is 0.688. The second kappa shape index (κ2) is 8.32. The molecular formula is C16H25FN2O. The summed E-state index contributed by atoms with van der Waals surface area (Å²) >= 11 is 0. The van der Waals surface area contributed by atoms with Gasteiger partial charge in [0.15, 0.2) is 0 Å². The normalized spacial score (nSPS) is 20.8. The van der Waals surface area contributed by atoms with E-state index in [0.717, 1.165) is 44.4 Å². The molecule has 4 heteroatoms. The van der Waals surface area contributed by atoms with Crippen LogP contribution in [0.2, 0.25) is 0 Å². The number of pyridine rings is 1. The fourth-order valence-electron chi connectivity index (χ4n) is 2.74. The Morgan fingerprint density at radius 3 is 3.10 bits per heavy atom. The first-order valence-electron chi connectivity index (χ1n) is 7.75. The quantitative estimate of drug-likeness (QED) is 0.828. The minimum Gasteiger partial charge on any atom is -0.378 e. The molecule has 2 unspecified atom stereocenters. The van der Waals surface area contributed by atoms with Crippen molar-refractivity contribution < 1.29 is 9.13 Å². The molecule has 3 nitrogen and oxygen atoms in total. The topological polar surface area (TPSA) is 34.1 Å². The Morgan fingerprint density at radius 2 is 2.40 bits per heavy atom. The number of nitrogens with one attached hydrogen (secondary N) is 1. The van der Waals surface area contributed by atoms with Crippen molar-refractivity contribution in [2.75, 3.05) is 13.2 Å². The Kier molecular flexibility index (Phi) is 6.40. The summed E-state index contributed by atoms with van der Waals surface area (Å²) in [5, 5.41) is 3.44. The summed E-state index contributed by atoms with van der Waals surface area (Å²) in [4.78, 5) is 3.83. The number of hydrogen-bond donors (Lipinski definition) is 1. The van der Waals surface area contributed by atoms with Crippen LogP contribution in [0.25, 0.3) is 0 Å². The zero-order valence-corrected chi connectivity index (χ0v) is 12.3. The van der Waals surface area contributed by atoms with Crippen molar-refractivity contribution in [2.45, 2.75) is 57.6 Å². The lowest BCUT2D eigenvalue weighted by Gasteiger charge is -2.25. The fourth-order valence-corrected chi connectivity index (χ4v) is 2.74. The van der Waals surface area contributed by atoms with E-state index in [1.165, 1.54) is 19.0 Å². The van der Waals surface area contributed by atoms with Crippen molar-refractivity contribution >= 4 is 0 Å². The van der Waals surface area contributed by atoms with Crippen molar-refractivity contribution in [2.24, 2.45) is 0 Å². The number of halogens is 1. The summed E-state index contributed by atoms with van der Waals surface area (Å²) < 4.78 is 19.7. The Bertz CT molecular complexity index is 394. The molecule has 0 aliphatic carbocycles. The predicted octanol–water partition coefficient (Wildman–Crippen LogP) is 3.61. The number of ether oxygens (including phenoxy) is 1. The predicted molar refractivity (Wildman–Crippen MR) is 78.1 cm³/mol. The number of nitrogens with zero attached hydrogens (tertiary/aromatic N) is 1. The van der Waals surface area contributed by atoms with Crippen LogP contribution in [0.3, 0.4) is 0 Å². The van der Waals surface area contributed by atoms with Crippen molar-refractivity contribution in [3.05, 3.63) is 29.8 Å².